The molecule has 0 N–H and O–H groups in total. The highest BCUT2D eigenvalue weighted by Gasteiger charge is 2.45. The molecule has 25 heavy (non-hydrogen) atoms. The zero-order chi connectivity index (χ0) is 18.1. The monoisotopic (exact) mass is 344 g/mol. The number of aryl methyl sites for hydroxylation is 1. The van der Waals surface area contributed by atoms with Gasteiger partial charge in [-0.3, -0.25) is 9.69 Å². The van der Waals surface area contributed by atoms with Crippen molar-refractivity contribution in [2.45, 2.75) is 52.6 Å². The van der Waals surface area contributed by atoms with Crippen LogP contribution in [0.1, 0.15) is 45.6 Å². The van der Waals surface area contributed by atoms with Gasteiger partial charge in [-0.05, 0) is 83.2 Å². The first-order valence-corrected chi connectivity index (χ1v) is 9.56. The minimum Gasteiger partial charge on any atom is -0.375 e. The van der Waals surface area contributed by atoms with Crippen LogP contribution in [0.25, 0.3) is 0 Å². The zero-order valence-electron chi connectivity index (χ0n) is 16.2. The molecule has 0 bridgehead atoms. The molecule has 1 aromatic rings. The molecule has 0 saturated carbocycles. The molecular weight excluding hydrogens is 312 g/mol. The number of likely N-dealkylation sites (tertiary alicyclic amines) is 1. The molecule has 1 amide bonds. The Bertz CT molecular complexity index is 618. The van der Waals surface area contributed by atoms with Gasteiger partial charge in [-0.15, -0.1) is 0 Å². The van der Waals surface area contributed by atoms with Crippen molar-refractivity contribution in [3.8, 4) is 0 Å². The maximum atomic E-state index is 12.8. The molecule has 0 unspecified atom stereocenters. The Hall–Kier alpha value is -1.39. The van der Waals surface area contributed by atoms with E-state index in [9.17, 15) is 4.79 Å². The second-order valence-corrected chi connectivity index (χ2v) is 8.48. The normalized spacial score (nSPS) is 22.2. The van der Waals surface area contributed by atoms with E-state index in [-0.39, 0.29) is 11.5 Å². The van der Waals surface area contributed by atoms with Gasteiger partial charge in [0.25, 0.3) is 0 Å². The number of benzene rings is 1. The minimum atomic E-state index is 0.0160. The number of nitrogens with zero attached hydrogens (tertiary/aromatic N) is 2. The molecule has 1 aromatic carbocycles. The van der Waals surface area contributed by atoms with Gasteiger partial charge in [0.2, 0.25) is 5.91 Å². The van der Waals surface area contributed by atoms with Crippen LogP contribution >= 0.6 is 0 Å². The third-order valence-electron chi connectivity index (χ3n) is 5.78. The molecule has 0 aliphatic carbocycles. The topological polar surface area (TPSA) is 32.8 Å². The molecule has 2 fully saturated rings. The molecule has 4 heteroatoms. The fourth-order valence-corrected chi connectivity index (χ4v) is 4.44. The standard InChI is InChI=1S/C21H32N2O2/c1-5-23(18-8-6-7-17(2)13-18)19(24)14-22-11-9-21(10-12-22)15-20(3,4)25-16-21/h6-8,13H,5,9-12,14-16H2,1-4H3. The Morgan fingerprint density at radius 1 is 1.28 bits per heavy atom. The van der Waals surface area contributed by atoms with Crippen LogP contribution in [-0.4, -0.2) is 49.2 Å². The van der Waals surface area contributed by atoms with Gasteiger partial charge in [-0.25, -0.2) is 0 Å². The Balaban J connectivity index is 1.57. The molecule has 2 heterocycles. The van der Waals surface area contributed by atoms with Crippen LogP contribution in [-0.2, 0) is 9.53 Å². The first kappa shape index (κ1) is 18.4. The highest BCUT2D eigenvalue weighted by Crippen LogP contribution is 2.46. The van der Waals surface area contributed by atoms with Crippen LogP contribution in [0.15, 0.2) is 24.3 Å². The van der Waals surface area contributed by atoms with Crippen LogP contribution < -0.4 is 4.90 Å². The summed E-state index contributed by atoms with van der Waals surface area (Å²) in [5, 5.41) is 0. The summed E-state index contributed by atoms with van der Waals surface area (Å²) in [6, 6.07) is 8.20. The van der Waals surface area contributed by atoms with Crippen LogP contribution in [0.5, 0.6) is 0 Å². The number of ether oxygens (including phenoxy) is 1. The summed E-state index contributed by atoms with van der Waals surface area (Å²) in [6.45, 7) is 12.6. The SMILES string of the molecule is CCN(C(=O)CN1CCC2(CC1)COC(C)(C)C2)c1cccc(C)c1. The fraction of sp³-hybridized carbons (Fsp3) is 0.667. The second kappa shape index (κ2) is 7.08. The van der Waals surface area contributed by atoms with Gasteiger partial charge in [0, 0.05) is 12.2 Å². The molecule has 0 radical (unpaired) electrons. The van der Waals surface area contributed by atoms with E-state index in [1.165, 1.54) is 5.56 Å². The Labute approximate surface area is 152 Å². The van der Waals surface area contributed by atoms with Crippen LogP contribution in [0.3, 0.4) is 0 Å². The minimum absolute atomic E-state index is 0.0160. The van der Waals surface area contributed by atoms with E-state index in [2.05, 4.69) is 37.8 Å². The fourth-order valence-electron chi connectivity index (χ4n) is 4.44. The Kier molecular flexibility index (Phi) is 5.21. The van der Waals surface area contributed by atoms with E-state index in [4.69, 9.17) is 4.74 Å². The Morgan fingerprint density at radius 2 is 2.00 bits per heavy atom. The van der Waals surface area contributed by atoms with Crippen molar-refractivity contribution in [2.24, 2.45) is 5.41 Å². The van der Waals surface area contributed by atoms with Gasteiger partial charge in [-0.1, -0.05) is 12.1 Å². The number of hydrogen-bond donors (Lipinski definition) is 0. The van der Waals surface area contributed by atoms with Gasteiger partial charge in [-0.2, -0.15) is 0 Å². The van der Waals surface area contributed by atoms with Crippen LogP contribution in [0, 0.1) is 12.3 Å². The number of rotatable bonds is 4. The molecular formula is C21H32N2O2. The van der Waals surface area contributed by atoms with Crippen molar-refractivity contribution < 1.29 is 9.53 Å². The van der Waals surface area contributed by atoms with Crippen molar-refractivity contribution in [1.29, 1.82) is 0 Å². The molecule has 2 saturated heterocycles. The van der Waals surface area contributed by atoms with E-state index >= 15 is 0 Å². The third-order valence-corrected chi connectivity index (χ3v) is 5.78. The average Bonchev–Trinajstić information content (AvgIpc) is 2.86. The largest absolute Gasteiger partial charge is 0.375 e. The van der Waals surface area contributed by atoms with Crippen molar-refractivity contribution in [2.75, 3.05) is 37.7 Å². The molecule has 3 rings (SSSR count). The van der Waals surface area contributed by atoms with Gasteiger partial charge >= 0.3 is 0 Å². The van der Waals surface area contributed by atoms with Crippen LogP contribution in [0.4, 0.5) is 5.69 Å². The molecule has 4 nitrogen and oxygen atoms in total. The third kappa shape index (κ3) is 4.24. The maximum Gasteiger partial charge on any atom is 0.241 e. The van der Waals surface area contributed by atoms with Gasteiger partial charge < -0.3 is 9.64 Å². The predicted molar refractivity (Wildman–Crippen MR) is 102 cm³/mol. The first-order valence-electron chi connectivity index (χ1n) is 9.56. The lowest BCUT2D eigenvalue weighted by Crippen LogP contribution is -2.46. The summed E-state index contributed by atoms with van der Waals surface area (Å²) in [4.78, 5) is 17.0. The van der Waals surface area contributed by atoms with E-state index in [1.807, 2.05) is 24.0 Å². The van der Waals surface area contributed by atoms with Crippen molar-refractivity contribution >= 4 is 11.6 Å². The number of piperidine rings is 1. The maximum absolute atomic E-state index is 12.8. The predicted octanol–water partition coefficient (Wildman–Crippen LogP) is 3.63. The van der Waals surface area contributed by atoms with Crippen LogP contribution in [0.2, 0.25) is 0 Å². The highest BCUT2D eigenvalue weighted by molar-refractivity contribution is 5.94. The summed E-state index contributed by atoms with van der Waals surface area (Å²) in [6.07, 6.45) is 3.42. The zero-order valence-corrected chi connectivity index (χ0v) is 16.2. The molecule has 2 aliphatic rings. The van der Waals surface area contributed by atoms with Gasteiger partial charge in [0.15, 0.2) is 0 Å². The number of carbonyl (C=O) groups is 1. The molecule has 0 aromatic heterocycles. The molecule has 0 atom stereocenters. The summed E-state index contributed by atoms with van der Waals surface area (Å²) in [5.41, 5.74) is 2.55. The van der Waals surface area contributed by atoms with E-state index in [0.717, 1.165) is 44.6 Å². The Morgan fingerprint density at radius 3 is 2.56 bits per heavy atom. The molecule has 2 aliphatic heterocycles. The summed E-state index contributed by atoms with van der Waals surface area (Å²) in [5.74, 6) is 0.201. The molecule has 1 spiro atoms. The average molecular weight is 344 g/mol. The number of anilines is 1. The van der Waals surface area contributed by atoms with Gasteiger partial charge in [0.1, 0.15) is 0 Å². The van der Waals surface area contributed by atoms with E-state index in [1.54, 1.807) is 0 Å². The summed E-state index contributed by atoms with van der Waals surface area (Å²) >= 11 is 0. The lowest BCUT2D eigenvalue weighted by atomic mass is 9.74. The van der Waals surface area contributed by atoms with Crippen molar-refractivity contribution in [1.82, 2.24) is 4.90 Å². The second-order valence-electron chi connectivity index (χ2n) is 8.48. The van der Waals surface area contributed by atoms with Crippen molar-refractivity contribution in [3.63, 3.8) is 0 Å². The smallest absolute Gasteiger partial charge is 0.241 e. The lowest BCUT2D eigenvalue weighted by molar-refractivity contribution is -0.120. The van der Waals surface area contributed by atoms with Crippen molar-refractivity contribution in [3.05, 3.63) is 29.8 Å². The quantitative estimate of drug-likeness (QED) is 0.836. The summed E-state index contributed by atoms with van der Waals surface area (Å²) < 4.78 is 5.98. The van der Waals surface area contributed by atoms with E-state index < -0.39 is 0 Å². The number of hydrogen-bond acceptors (Lipinski definition) is 3. The van der Waals surface area contributed by atoms with E-state index in [0.29, 0.717) is 18.5 Å². The highest BCUT2D eigenvalue weighted by atomic mass is 16.5. The molecule has 138 valence electrons. The van der Waals surface area contributed by atoms with Gasteiger partial charge in [0.05, 0.1) is 18.8 Å². The lowest BCUT2D eigenvalue weighted by Gasteiger charge is -2.39. The summed E-state index contributed by atoms with van der Waals surface area (Å²) in [7, 11) is 0. The first-order chi connectivity index (χ1) is 11.8. The number of likely N-dealkylation sites (N-methyl/N-ethyl adjacent to an activating group) is 1. The number of carbonyl (C=O) groups excluding carboxylic acids is 1. The number of amides is 1.